The lowest BCUT2D eigenvalue weighted by atomic mass is 10.1. The standard InChI is InChI=1S/C17H14Cl3N3/c1-2-10-4-3-5-13-11(8-21-16(10)13)9-22-23-17-14(19)6-12(18)7-15(17)20/h3-9,21,23H,2H2,1H3. The molecule has 0 aliphatic rings. The maximum absolute atomic E-state index is 6.12. The van der Waals surface area contributed by atoms with Crippen molar-refractivity contribution in [1.82, 2.24) is 4.98 Å². The van der Waals surface area contributed by atoms with Gasteiger partial charge in [0.15, 0.2) is 0 Å². The van der Waals surface area contributed by atoms with Crippen molar-refractivity contribution in [3.63, 3.8) is 0 Å². The molecule has 0 saturated carbocycles. The van der Waals surface area contributed by atoms with E-state index >= 15 is 0 Å². The predicted molar refractivity (Wildman–Crippen MR) is 100 cm³/mol. The Labute approximate surface area is 149 Å². The number of hydrogen-bond donors (Lipinski definition) is 2. The number of hydrazone groups is 1. The van der Waals surface area contributed by atoms with Crippen molar-refractivity contribution in [2.75, 3.05) is 5.43 Å². The number of para-hydroxylation sites is 1. The Morgan fingerprint density at radius 2 is 1.91 bits per heavy atom. The van der Waals surface area contributed by atoms with Crippen molar-refractivity contribution >= 4 is 57.6 Å². The second-order valence-electron chi connectivity index (χ2n) is 5.05. The van der Waals surface area contributed by atoms with Gasteiger partial charge in [-0.05, 0) is 24.1 Å². The molecule has 3 nitrogen and oxygen atoms in total. The lowest BCUT2D eigenvalue weighted by Gasteiger charge is -2.06. The van der Waals surface area contributed by atoms with Crippen molar-refractivity contribution in [2.45, 2.75) is 13.3 Å². The molecule has 3 rings (SSSR count). The van der Waals surface area contributed by atoms with Gasteiger partial charge in [0.25, 0.3) is 0 Å². The Morgan fingerprint density at radius 3 is 2.61 bits per heavy atom. The molecule has 0 aliphatic carbocycles. The first kappa shape index (κ1) is 16.2. The number of aromatic nitrogens is 1. The van der Waals surface area contributed by atoms with Crippen molar-refractivity contribution in [3.8, 4) is 0 Å². The highest BCUT2D eigenvalue weighted by Crippen LogP contribution is 2.33. The average molecular weight is 367 g/mol. The number of rotatable bonds is 4. The van der Waals surface area contributed by atoms with Crippen LogP contribution in [0.15, 0.2) is 41.6 Å². The topological polar surface area (TPSA) is 40.2 Å². The van der Waals surface area contributed by atoms with Crippen LogP contribution >= 0.6 is 34.8 Å². The third-order valence-electron chi connectivity index (χ3n) is 3.60. The zero-order chi connectivity index (χ0) is 16.4. The molecule has 2 aromatic carbocycles. The van der Waals surface area contributed by atoms with Crippen molar-refractivity contribution in [2.24, 2.45) is 5.10 Å². The Hall–Kier alpha value is -1.68. The fourth-order valence-corrected chi connectivity index (χ4v) is 3.36. The van der Waals surface area contributed by atoms with E-state index in [0.717, 1.165) is 22.9 Å². The van der Waals surface area contributed by atoms with Gasteiger partial charge in [0.2, 0.25) is 0 Å². The van der Waals surface area contributed by atoms with Crippen LogP contribution in [0.5, 0.6) is 0 Å². The lowest BCUT2D eigenvalue weighted by Crippen LogP contribution is -1.92. The second-order valence-corrected chi connectivity index (χ2v) is 6.30. The summed E-state index contributed by atoms with van der Waals surface area (Å²) < 4.78 is 0. The van der Waals surface area contributed by atoms with Gasteiger partial charge in [0, 0.05) is 27.7 Å². The Balaban J connectivity index is 1.87. The van der Waals surface area contributed by atoms with Crippen LogP contribution < -0.4 is 5.43 Å². The van der Waals surface area contributed by atoms with E-state index in [1.807, 2.05) is 12.3 Å². The minimum absolute atomic E-state index is 0.423. The summed E-state index contributed by atoms with van der Waals surface area (Å²) in [6.45, 7) is 2.13. The normalized spacial score (nSPS) is 11.5. The number of nitrogens with zero attached hydrogens (tertiary/aromatic N) is 1. The van der Waals surface area contributed by atoms with Crippen LogP contribution in [-0.4, -0.2) is 11.2 Å². The Kier molecular flexibility index (Phi) is 4.81. The minimum Gasteiger partial charge on any atom is -0.360 e. The molecule has 0 fully saturated rings. The molecular weight excluding hydrogens is 353 g/mol. The SMILES string of the molecule is CCc1cccc2c(C=NNc3c(Cl)cc(Cl)cc3Cl)c[nH]c12. The highest BCUT2D eigenvalue weighted by Gasteiger charge is 2.07. The molecule has 0 amide bonds. The van der Waals surface area contributed by atoms with Gasteiger partial charge in [-0.25, -0.2) is 0 Å². The number of H-pyrrole nitrogens is 1. The molecule has 3 aromatic rings. The molecule has 0 unspecified atom stereocenters. The molecule has 0 aliphatic heterocycles. The summed E-state index contributed by atoms with van der Waals surface area (Å²) in [5.41, 5.74) is 6.81. The first-order valence-electron chi connectivity index (χ1n) is 7.12. The van der Waals surface area contributed by atoms with Gasteiger partial charge >= 0.3 is 0 Å². The molecule has 0 atom stereocenters. The summed E-state index contributed by atoms with van der Waals surface area (Å²) >= 11 is 18.1. The molecular formula is C17H14Cl3N3. The zero-order valence-corrected chi connectivity index (χ0v) is 14.6. The van der Waals surface area contributed by atoms with E-state index in [1.54, 1.807) is 18.3 Å². The predicted octanol–water partition coefficient (Wildman–Crippen LogP) is 6.14. The quantitative estimate of drug-likeness (QED) is 0.423. The van der Waals surface area contributed by atoms with Gasteiger partial charge in [-0.1, -0.05) is 59.9 Å². The minimum atomic E-state index is 0.423. The number of anilines is 1. The van der Waals surface area contributed by atoms with Crippen molar-refractivity contribution in [1.29, 1.82) is 0 Å². The lowest BCUT2D eigenvalue weighted by molar-refractivity contribution is 1.15. The van der Waals surface area contributed by atoms with Gasteiger partial charge in [-0.3, -0.25) is 5.43 Å². The van der Waals surface area contributed by atoms with E-state index in [4.69, 9.17) is 34.8 Å². The number of halogens is 3. The van der Waals surface area contributed by atoms with Crippen LogP contribution in [0.3, 0.4) is 0 Å². The summed E-state index contributed by atoms with van der Waals surface area (Å²) in [5.74, 6) is 0. The van der Waals surface area contributed by atoms with E-state index in [9.17, 15) is 0 Å². The number of benzene rings is 2. The molecule has 1 heterocycles. The molecule has 0 saturated heterocycles. The van der Waals surface area contributed by atoms with Gasteiger partial charge in [-0.15, -0.1) is 0 Å². The van der Waals surface area contributed by atoms with Gasteiger partial charge in [0.05, 0.1) is 21.9 Å². The maximum Gasteiger partial charge on any atom is 0.0935 e. The summed E-state index contributed by atoms with van der Waals surface area (Å²) in [7, 11) is 0. The zero-order valence-electron chi connectivity index (χ0n) is 12.3. The molecule has 23 heavy (non-hydrogen) atoms. The summed E-state index contributed by atoms with van der Waals surface area (Å²) in [6.07, 6.45) is 4.64. The molecule has 1 aromatic heterocycles. The van der Waals surface area contributed by atoms with Gasteiger partial charge < -0.3 is 4.98 Å². The number of aryl methyl sites for hydroxylation is 1. The van der Waals surface area contributed by atoms with Crippen LogP contribution in [0.1, 0.15) is 18.1 Å². The highest BCUT2D eigenvalue weighted by atomic mass is 35.5. The molecule has 2 N–H and O–H groups in total. The molecule has 0 spiro atoms. The number of hydrogen-bond acceptors (Lipinski definition) is 2. The van der Waals surface area contributed by atoms with Crippen LogP contribution in [0.2, 0.25) is 15.1 Å². The third-order valence-corrected chi connectivity index (χ3v) is 4.42. The average Bonchev–Trinajstić information content (AvgIpc) is 2.93. The van der Waals surface area contributed by atoms with Crippen LogP contribution in [0, 0.1) is 0 Å². The van der Waals surface area contributed by atoms with Crippen LogP contribution in [0.25, 0.3) is 10.9 Å². The van der Waals surface area contributed by atoms with Crippen LogP contribution in [-0.2, 0) is 6.42 Å². The van der Waals surface area contributed by atoms with E-state index in [1.165, 1.54) is 5.56 Å². The molecule has 0 radical (unpaired) electrons. The van der Waals surface area contributed by atoms with E-state index in [2.05, 4.69) is 34.6 Å². The third kappa shape index (κ3) is 3.32. The first-order chi connectivity index (χ1) is 11.1. The van der Waals surface area contributed by atoms with Crippen LogP contribution in [0.4, 0.5) is 5.69 Å². The first-order valence-corrected chi connectivity index (χ1v) is 8.26. The Bertz CT molecular complexity index is 861. The molecule has 6 heteroatoms. The second kappa shape index (κ2) is 6.83. The van der Waals surface area contributed by atoms with Gasteiger partial charge in [0.1, 0.15) is 0 Å². The fourth-order valence-electron chi connectivity index (χ4n) is 2.46. The van der Waals surface area contributed by atoms with E-state index < -0.39 is 0 Å². The summed E-state index contributed by atoms with van der Waals surface area (Å²) in [6, 6.07) is 9.46. The largest absolute Gasteiger partial charge is 0.360 e. The smallest absolute Gasteiger partial charge is 0.0935 e. The van der Waals surface area contributed by atoms with Gasteiger partial charge in [-0.2, -0.15) is 5.10 Å². The fraction of sp³-hybridized carbons (Fsp3) is 0.118. The van der Waals surface area contributed by atoms with E-state index in [-0.39, 0.29) is 0 Å². The van der Waals surface area contributed by atoms with Crippen molar-refractivity contribution in [3.05, 3.63) is 62.7 Å². The number of nitrogens with one attached hydrogen (secondary N) is 2. The maximum atomic E-state index is 6.12. The number of fused-ring (bicyclic) bond motifs is 1. The molecule has 0 bridgehead atoms. The summed E-state index contributed by atoms with van der Waals surface area (Å²) in [5, 5.41) is 6.69. The molecule has 118 valence electrons. The van der Waals surface area contributed by atoms with Crippen molar-refractivity contribution < 1.29 is 0 Å². The number of aromatic amines is 1. The highest BCUT2D eigenvalue weighted by molar-refractivity contribution is 6.41. The Morgan fingerprint density at radius 1 is 1.17 bits per heavy atom. The van der Waals surface area contributed by atoms with E-state index in [0.29, 0.717) is 20.8 Å². The monoisotopic (exact) mass is 365 g/mol. The summed E-state index contributed by atoms with van der Waals surface area (Å²) in [4.78, 5) is 3.30.